The maximum Gasteiger partial charge on any atom is 0.347 e. The maximum atomic E-state index is 10.7. The molecular weight excluding hydrogens is 224 g/mol. The Morgan fingerprint density at radius 3 is 3.19 bits per heavy atom. The van der Waals surface area contributed by atoms with E-state index in [0.29, 0.717) is 10.8 Å². The third-order valence-corrected chi connectivity index (χ3v) is 3.96. The number of carbonyl (C=O) groups is 1. The first kappa shape index (κ1) is 11.5. The van der Waals surface area contributed by atoms with E-state index in [-0.39, 0.29) is 0 Å². The topological polar surface area (TPSA) is 53.4 Å². The number of piperidine rings is 1. The van der Waals surface area contributed by atoms with Crippen molar-refractivity contribution in [3.05, 3.63) is 16.1 Å². The minimum absolute atomic E-state index is 0.346. The summed E-state index contributed by atoms with van der Waals surface area (Å²) in [5.41, 5.74) is 0. The van der Waals surface area contributed by atoms with Gasteiger partial charge in [-0.3, -0.25) is 0 Å². The highest BCUT2D eigenvalue weighted by Crippen LogP contribution is 2.22. The molecule has 16 heavy (non-hydrogen) atoms. The van der Waals surface area contributed by atoms with Gasteiger partial charge in [-0.1, -0.05) is 0 Å². The summed E-state index contributed by atoms with van der Waals surface area (Å²) in [6, 6.07) is 0. The molecule has 1 atom stereocenters. The van der Waals surface area contributed by atoms with Crippen LogP contribution in [0.1, 0.15) is 27.5 Å². The molecule has 0 amide bonds. The van der Waals surface area contributed by atoms with Crippen molar-refractivity contribution in [2.24, 2.45) is 5.92 Å². The molecule has 2 heterocycles. The number of carboxylic acid groups (broad SMARTS) is 1. The summed E-state index contributed by atoms with van der Waals surface area (Å²) in [5.74, 6) is -0.240. The Labute approximate surface area is 98.9 Å². The van der Waals surface area contributed by atoms with Crippen LogP contribution in [-0.2, 0) is 6.42 Å². The van der Waals surface area contributed by atoms with Gasteiger partial charge < -0.3 is 10.0 Å². The van der Waals surface area contributed by atoms with Crippen molar-refractivity contribution >= 4 is 17.3 Å². The zero-order valence-electron chi connectivity index (χ0n) is 9.35. The molecule has 0 aliphatic carbocycles. The van der Waals surface area contributed by atoms with E-state index in [0.717, 1.165) is 18.0 Å². The average molecular weight is 240 g/mol. The SMILES string of the molecule is CN1CCCC(Cc2ncc(C(=O)O)s2)C1. The first-order valence-electron chi connectivity index (χ1n) is 5.51. The predicted molar refractivity (Wildman–Crippen MR) is 63.0 cm³/mol. The van der Waals surface area contributed by atoms with Gasteiger partial charge in [-0.15, -0.1) is 11.3 Å². The zero-order valence-corrected chi connectivity index (χ0v) is 10.2. The van der Waals surface area contributed by atoms with Gasteiger partial charge in [0.2, 0.25) is 0 Å². The van der Waals surface area contributed by atoms with Crippen LogP contribution in [0.15, 0.2) is 6.20 Å². The number of carboxylic acids is 1. The summed E-state index contributed by atoms with van der Waals surface area (Å²) in [6.07, 6.45) is 4.85. The lowest BCUT2D eigenvalue weighted by atomic mass is 9.95. The molecule has 1 N–H and O–H groups in total. The Kier molecular flexibility index (Phi) is 3.56. The average Bonchev–Trinajstić information content (AvgIpc) is 2.66. The summed E-state index contributed by atoms with van der Waals surface area (Å²) in [4.78, 5) is 17.6. The van der Waals surface area contributed by atoms with Crippen molar-refractivity contribution in [1.29, 1.82) is 0 Å². The minimum Gasteiger partial charge on any atom is -0.477 e. The zero-order chi connectivity index (χ0) is 11.5. The number of thiazole rings is 1. The lowest BCUT2D eigenvalue weighted by Gasteiger charge is -2.29. The highest BCUT2D eigenvalue weighted by molar-refractivity contribution is 7.13. The molecule has 1 aliphatic rings. The van der Waals surface area contributed by atoms with E-state index in [4.69, 9.17) is 5.11 Å². The Balaban J connectivity index is 1.95. The monoisotopic (exact) mass is 240 g/mol. The second-order valence-corrected chi connectivity index (χ2v) is 5.51. The van der Waals surface area contributed by atoms with Crippen LogP contribution in [0.4, 0.5) is 0 Å². The highest BCUT2D eigenvalue weighted by atomic mass is 32.1. The first-order valence-corrected chi connectivity index (χ1v) is 6.33. The van der Waals surface area contributed by atoms with Gasteiger partial charge in [0.1, 0.15) is 4.88 Å². The van der Waals surface area contributed by atoms with Gasteiger partial charge in [-0.25, -0.2) is 9.78 Å². The third kappa shape index (κ3) is 2.80. The fourth-order valence-corrected chi connectivity index (χ4v) is 3.06. The Morgan fingerprint density at radius 1 is 1.75 bits per heavy atom. The lowest BCUT2D eigenvalue weighted by Crippen LogP contribution is -2.32. The molecule has 0 radical (unpaired) electrons. The second kappa shape index (κ2) is 4.93. The smallest absolute Gasteiger partial charge is 0.347 e. The maximum absolute atomic E-state index is 10.7. The van der Waals surface area contributed by atoms with E-state index in [9.17, 15) is 4.79 Å². The second-order valence-electron chi connectivity index (χ2n) is 4.40. The van der Waals surface area contributed by atoms with Crippen molar-refractivity contribution in [1.82, 2.24) is 9.88 Å². The molecule has 1 aliphatic heterocycles. The molecule has 0 aromatic carbocycles. The molecule has 1 aromatic heterocycles. The summed E-state index contributed by atoms with van der Waals surface area (Å²) in [7, 11) is 2.14. The van der Waals surface area contributed by atoms with Gasteiger partial charge in [-0.05, 0) is 32.4 Å². The molecule has 4 nitrogen and oxygen atoms in total. The van der Waals surface area contributed by atoms with Crippen molar-refractivity contribution < 1.29 is 9.90 Å². The van der Waals surface area contributed by atoms with E-state index >= 15 is 0 Å². The van der Waals surface area contributed by atoms with Crippen LogP contribution in [0.3, 0.4) is 0 Å². The van der Waals surface area contributed by atoms with Crippen molar-refractivity contribution in [2.45, 2.75) is 19.3 Å². The van der Waals surface area contributed by atoms with Crippen molar-refractivity contribution in [3.8, 4) is 0 Å². The van der Waals surface area contributed by atoms with E-state index < -0.39 is 5.97 Å². The van der Waals surface area contributed by atoms with Gasteiger partial charge in [0, 0.05) is 13.0 Å². The molecule has 1 fully saturated rings. The van der Waals surface area contributed by atoms with Gasteiger partial charge in [0.05, 0.1) is 11.2 Å². The van der Waals surface area contributed by atoms with Gasteiger partial charge in [-0.2, -0.15) is 0 Å². The third-order valence-electron chi connectivity index (χ3n) is 2.95. The summed E-state index contributed by atoms with van der Waals surface area (Å²) in [5, 5.41) is 9.76. The number of likely N-dealkylation sites (tertiary alicyclic amines) is 1. The van der Waals surface area contributed by atoms with Crippen LogP contribution in [0.25, 0.3) is 0 Å². The highest BCUT2D eigenvalue weighted by Gasteiger charge is 2.19. The summed E-state index contributed by atoms with van der Waals surface area (Å²) < 4.78 is 0. The molecule has 0 saturated carbocycles. The molecule has 1 aromatic rings. The van der Waals surface area contributed by atoms with Crippen LogP contribution in [0.2, 0.25) is 0 Å². The normalized spacial score (nSPS) is 22.2. The molecule has 1 saturated heterocycles. The van der Waals surface area contributed by atoms with Crippen LogP contribution < -0.4 is 0 Å². The molecular formula is C11H16N2O2S. The molecule has 0 spiro atoms. The van der Waals surface area contributed by atoms with E-state index in [1.54, 1.807) is 0 Å². The Morgan fingerprint density at radius 2 is 2.56 bits per heavy atom. The number of rotatable bonds is 3. The quantitative estimate of drug-likeness (QED) is 0.874. The number of hydrogen-bond acceptors (Lipinski definition) is 4. The van der Waals surface area contributed by atoms with Crippen molar-refractivity contribution in [2.75, 3.05) is 20.1 Å². The van der Waals surface area contributed by atoms with Crippen LogP contribution in [0, 0.1) is 5.92 Å². The fraction of sp³-hybridized carbons (Fsp3) is 0.636. The number of aromatic carboxylic acids is 1. The van der Waals surface area contributed by atoms with Crippen molar-refractivity contribution in [3.63, 3.8) is 0 Å². The molecule has 1 unspecified atom stereocenters. The number of hydrogen-bond donors (Lipinski definition) is 1. The largest absolute Gasteiger partial charge is 0.477 e. The number of nitrogens with zero attached hydrogens (tertiary/aromatic N) is 2. The number of aromatic nitrogens is 1. The lowest BCUT2D eigenvalue weighted by molar-refractivity contribution is 0.0702. The predicted octanol–water partition coefficient (Wildman–Crippen LogP) is 1.73. The summed E-state index contributed by atoms with van der Waals surface area (Å²) in [6.45, 7) is 2.27. The standard InChI is InChI=1S/C11H16N2O2S/c1-13-4-2-3-8(7-13)5-10-12-6-9(16-10)11(14)15/h6,8H,2-5,7H2,1H3,(H,14,15). The first-order chi connectivity index (χ1) is 7.65. The molecule has 5 heteroatoms. The van der Waals surface area contributed by atoms with Crippen LogP contribution >= 0.6 is 11.3 Å². The van der Waals surface area contributed by atoms with Gasteiger partial charge in [0.15, 0.2) is 0 Å². The summed E-state index contributed by atoms with van der Waals surface area (Å²) >= 11 is 1.31. The molecule has 88 valence electrons. The van der Waals surface area contributed by atoms with Gasteiger partial charge in [0.25, 0.3) is 0 Å². The van der Waals surface area contributed by atoms with E-state index in [1.807, 2.05) is 0 Å². The Bertz CT molecular complexity index is 378. The van der Waals surface area contributed by atoms with Crippen LogP contribution in [-0.4, -0.2) is 41.1 Å². The molecule has 2 rings (SSSR count). The van der Waals surface area contributed by atoms with Gasteiger partial charge >= 0.3 is 5.97 Å². The molecule has 0 bridgehead atoms. The van der Waals surface area contributed by atoms with Crippen LogP contribution in [0.5, 0.6) is 0 Å². The van der Waals surface area contributed by atoms with E-state index in [1.165, 1.54) is 36.9 Å². The Hall–Kier alpha value is -0.940. The fourth-order valence-electron chi connectivity index (χ4n) is 2.19. The van der Waals surface area contributed by atoms with E-state index in [2.05, 4.69) is 16.9 Å². The minimum atomic E-state index is -0.871.